The molecular weight excluding hydrogens is 182 g/mol. The molecule has 1 aliphatic carbocycles. The molecule has 1 saturated carbocycles. The summed E-state index contributed by atoms with van der Waals surface area (Å²) in [6, 6.07) is 0. The van der Waals surface area contributed by atoms with Gasteiger partial charge in [0.25, 0.3) is 0 Å². The third-order valence-corrected chi connectivity index (χ3v) is 3.53. The van der Waals surface area contributed by atoms with Crippen LogP contribution in [0.15, 0.2) is 0 Å². The van der Waals surface area contributed by atoms with Crippen molar-refractivity contribution >= 4 is 0 Å². The van der Waals surface area contributed by atoms with E-state index in [9.17, 15) is 0 Å². The predicted octanol–water partition coefficient (Wildman–Crippen LogP) is 4.14. The van der Waals surface area contributed by atoms with Crippen LogP contribution in [-0.2, 0) is 0 Å². The molecule has 1 rings (SSSR count). The summed E-state index contributed by atoms with van der Waals surface area (Å²) in [6.45, 7) is 4.56. The minimum absolute atomic E-state index is 0.949. The molecule has 0 aromatic heterocycles. The molecule has 0 saturated heterocycles. The van der Waals surface area contributed by atoms with Crippen LogP contribution in [0.25, 0.3) is 0 Å². The van der Waals surface area contributed by atoms with Crippen molar-refractivity contribution in [3.05, 3.63) is 0 Å². The molecule has 1 radical (unpaired) electrons. The van der Waals surface area contributed by atoms with E-state index in [1.165, 1.54) is 64.2 Å². The number of nitrogens with zero attached hydrogens (tertiary/aromatic N) is 1. The highest BCUT2D eigenvalue weighted by Gasteiger charge is 2.14. The van der Waals surface area contributed by atoms with Crippen molar-refractivity contribution in [3.8, 4) is 0 Å². The van der Waals surface area contributed by atoms with E-state index < -0.39 is 0 Å². The van der Waals surface area contributed by atoms with E-state index in [1.807, 2.05) is 0 Å². The molecule has 0 spiro atoms. The fraction of sp³-hybridized carbons (Fsp3) is 1.00. The van der Waals surface area contributed by atoms with Gasteiger partial charge in [-0.2, -0.15) is 0 Å². The van der Waals surface area contributed by atoms with Gasteiger partial charge in [0, 0.05) is 13.1 Å². The quantitative estimate of drug-likeness (QED) is 0.508. The molecule has 0 aliphatic heterocycles. The largest absolute Gasteiger partial charge is 0.242 e. The first-order valence-corrected chi connectivity index (χ1v) is 7.06. The average molecular weight is 210 g/mol. The number of rotatable bonds is 9. The summed E-state index contributed by atoms with van der Waals surface area (Å²) in [4.78, 5) is 0. The average Bonchev–Trinajstić information content (AvgIpc) is 2.75. The van der Waals surface area contributed by atoms with Crippen molar-refractivity contribution in [1.82, 2.24) is 5.32 Å². The minimum atomic E-state index is 0.949. The first-order valence-electron chi connectivity index (χ1n) is 7.06. The van der Waals surface area contributed by atoms with Gasteiger partial charge in [-0.1, -0.05) is 51.9 Å². The number of hydrogen-bond donors (Lipinski definition) is 0. The zero-order valence-electron chi connectivity index (χ0n) is 10.5. The Balaban J connectivity index is 1.73. The Kier molecular flexibility index (Phi) is 7.99. The molecule has 1 nitrogen and oxygen atoms in total. The van der Waals surface area contributed by atoms with Crippen LogP contribution in [0.4, 0.5) is 0 Å². The van der Waals surface area contributed by atoms with E-state index >= 15 is 0 Å². The molecule has 0 atom stereocenters. The molecule has 0 amide bonds. The molecule has 0 aromatic carbocycles. The predicted molar refractivity (Wildman–Crippen MR) is 67.2 cm³/mol. The minimum Gasteiger partial charge on any atom is -0.242 e. The van der Waals surface area contributed by atoms with Crippen LogP contribution in [0.2, 0.25) is 0 Å². The topological polar surface area (TPSA) is 14.1 Å². The van der Waals surface area contributed by atoms with Crippen LogP contribution >= 0.6 is 0 Å². The summed E-state index contributed by atoms with van der Waals surface area (Å²) in [5.41, 5.74) is 0. The summed E-state index contributed by atoms with van der Waals surface area (Å²) in [5, 5.41) is 4.67. The lowest BCUT2D eigenvalue weighted by molar-refractivity contribution is 0.471. The molecule has 89 valence electrons. The second-order valence-electron chi connectivity index (χ2n) is 5.05. The van der Waals surface area contributed by atoms with Crippen molar-refractivity contribution < 1.29 is 0 Å². The third kappa shape index (κ3) is 6.94. The molecule has 1 fully saturated rings. The Morgan fingerprint density at radius 2 is 1.60 bits per heavy atom. The molecular formula is C14H28N. The van der Waals surface area contributed by atoms with E-state index in [-0.39, 0.29) is 0 Å². The SMILES string of the molecule is CCCCCCCC[N]CC1CCCC1. The van der Waals surface area contributed by atoms with E-state index in [1.54, 1.807) is 0 Å². The van der Waals surface area contributed by atoms with E-state index in [4.69, 9.17) is 0 Å². The summed E-state index contributed by atoms with van der Waals surface area (Å²) in [7, 11) is 0. The molecule has 0 unspecified atom stereocenters. The normalized spacial score (nSPS) is 17.4. The van der Waals surface area contributed by atoms with Crippen LogP contribution < -0.4 is 5.32 Å². The lowest BCUT2D eigenvalue weighted by Gasteiger charge is -2.08. The van der Waals surface area contributed by atoms with Gasteiger partial charge < -0.3 is 0 Å². The van der Waals surface area contributed by atoms with Crippen molar-refractivity contribution in [3.63, 3.8) is 0 Å². The maximum atomic E-state index is 4.67. The fourth-order valence-electron chi connectivity index (χ4n) is 2.47. The number of hydrogen-bond acceptors (Lipinski definition) is 0. The molecule has 1 aliphatic rings. The van der Waals surface area contributed by atoms with E-state index in [0.717, 1.165) is 19.0 Å². The first-order chi connectivity index (χ1) is 7.43. The number of unbranched alkanes of at least 4 members (excludes halogenated alkanes) is 5. The van der Waals surface area contributed by atoms with Crippen LogP contribution in [0, 0.1) is 5.92 Å². The molecule has 0 aromatic rings. The Morgan fingerprint density at radius 1 is 0.933 bits per heavy atom. The maximum absolute atomic E-state index is 4.67. The molecule has 1 heteroatoms. The van der Waals surface area contributed by atoms with Crippen molar-refractivity contribution in [1.29, 1.82) is 0 Å². The Morgan fingerprint density at radius 3 is 2.33 bits per heavy atom. The van der Waals surface area contributed by atoms with Gasteiger partial charge in [0.15, 0.2) is 0 Å². The highest BCUT2D eigenvalue weighted by Crippen LogP contribution is 2.23. The Bertz CT molecular complexity index is 127. The first kappa shape index (κ1) is 13.0. The van der Waals surface area contributed by atoms with Crippen molar-refractivity contribution in [2.45, 2.75) is 71.1 Å². The van der Waals surface area contributed by atoms with Gasteiger partial charge in [0.05, 0.1) is 0 Å². The Hall–Kier alpha value is -0.0400. The van der Waals surface area contributed by atoms with Gasteiger partial charge in [-0.3, -0.25) is 0 Å². The van der Waals surface area contributed by atoms with Crippen molar-refractivity contribution in [2.24, 2.45) is 5.92 Å². The summed E-state index contributed by atoms with van der Waals surface area (Å²) in [6.07, 6.45) is 14.1. The van der Waals surface area contributed by atoms with Gasteiger partial charge in [-0.05, 0) is 25.2 Å². The standard InChI is InChI=1S/C14H28N/c1-2-3-4-5-6-9-12-15-13-14-10-7-8-11-14/h14H,2-13H2,1H3. The Labute approximate surface area is 96.0 Å². The van der Waals surface area contributed by atoms with Crippen LogP contribution in [0.3, 0.4) is 0 Å². The van der Waals surface area contributed by atoms with Gasteiger partial charge in [-0.25, -0.2) is 5.32 Å². The maximum Gasteiger partial charge on any atom is 0.0161 e. The van der Waals surface area contributed by atoms with Gasteiger partial charge in [0.1, 0.15) is 0 Å². The second-order valence-corrected chi connectivity index (χ2v) is 5.05. The molecule has 0 N–H and O–H groups in total. The second kappa shape index (κ2) is 9.21. The third-order valence-electron chi connectivity index (χ3n) is 3.53. The highest BCUT2D eigenvalue weighted by atomic mass is 14.9. The van der Waals surface area contributed by atoms with E-state index in [0.29, 0.717) is 0 Å². The molecule has 0 bridgehead atoms. The molecule has 15 heavy (non-hydrogen) atoms. The summed E-state index contributed by atoms with van der Waals surface area (Å²) >= 11 is 0. The molecule has 0 heterocycles. The van der Waals surface area contributed by atoms with E-state index in [2.05, 4.69) is 12.2 Å². The summed E-state index contributed by atoms with van der Waals surface area (Å²) < 4.78 is 0. The lowest BCUT2D eigenvalue weighted by atomic mass is 10.1. The highest BCUT2D eigenvalue weighted by molar-refractivity contribution is 4.68. The van der Waals surface area contributed by atoms with Crippen LogP contribution in [0.5, 0.6) is 0 Å². The zero-order valence-corrected chi connectivity index (χ0v) is 10.5. The summed E-state index contributed by atoms with van der Waals surface area (Å²) in [5.74, 6) is 0.949. The van der Waals surface area contributed by atoms with Crippen LogP contribution in [0.1, 0.15) is 71.1 Å². The van der Waals surface area contributed by atoms with Gasteiger partial charge in [0.2, 0.25) is 0 Å². The van der Waals surface area contributed by atoms with Gasteiger partial charge >= 0.3 is 0 Å². The van der Waals surface area contributed by atoms with Crippen LogP contribution in [-0.4, -0.2) is 13.1 Å². The van der Waals surface area contributed by atoms with Crippen molar-refractivity contribution in [2.75, 3.05) is 13.1 Å². The zero-order chi connectivity index (χ0) is 10.8. The smallest absolute Gasteiger partial charge is 0.0161 e. The lowest BCUT2D eigenvalue weighted by Crippen LogP contribution is -2.15. The monoisotopic (exact) mass is 210 g/mol. The fourth-order valence-corrected chi connectivity index (χ4v) is 2.47. The van der Waals surface area contributed by atoms with Gasteiger partial charge in [-0.15, -0.1) is 0 Å².